The maximum atomic E-state index is 12.1. The van der Waals surface area contributed by atoms with Crippen molar-refractivity contribution in [2.75, 3.05) is 26.2 Å². The van der Waals surface area contributed by atoms with Gasteiger partial charge in [0.25, 0.3) is 0 Å². The van der Waals surface area contributed by atoms with Gasteiger partial charge in [-0.25, -0.2) is 0 Å². The molecule has 2 aliphatic rings. The predicted octanol–water partition coefficient (Wildman–Crippen LogP) is 1.14. The van der Waals surface area contributed by atoms with Crippen molar-refractivity contribution in [2.45, 2.75) is 51.5 Å². The SMILES string of the molecule is C[C@H](C(=O)NCC1(CO)CCCC1)N1CCCC1. The number of nitrogens with zero attached hydrogens (tertiary/aromatic N) is 1. The third kappa shape index (κ3) is 3.04. The minimum absolute atomic E-state index is 0.0235. The summed E-state index contributed by atoms with van der Waals surface area (Å²) in [6, 6.07) is -0.0235. The molecule has 1 amide bonds. The van der Waals surface area contributed by atoms with Gasteiger partial charge in [0, 0.05) is 12.0 Å². The van der Waals surface area contributed by atoms with Crippen molar-refractivity contribution in [3.8, 4) is 0 Å². The average Bonchev–Trinajstić information content (AvgIpc) is 3.06. The van der Waals surface area contributed by atoms with E-state index in [1.54, 1.807) is 0 Å². The second-order valence-electron chi connectivity index (χ2n) is 6.00. The Kier molecular flexibility index (Phi) is 4.62. The molecule has 2 rings (SSSR count). The van der Waals surface area contributed by atoms with Gasteiger partial charge in [-0.05, 0) is 45.7 Å². The highest BCUT2D eigenvalue weighted by Crippen LogP contribution is 2.36. The monoisotopic (exact) mass is 254 g/mol. The van der Waals surface area contributed by atoms with Crippen LogP contribution in [0.4, 0.5) is 0 Å². The van der Waals surface area contributed by atoms with Crippen molar-refractivity contribution in [1.29, 1.82) is 0 Å². The molecule has 1 heterocycles. The number of rotatable bonds is 5. The molecule has 1 aliphatic carbocycles. The van der Waals surface area contributed by atoms with Crippen LogP contribution >= 0.6 is 0 Å². The van der Waals surface area contributed by atoms with Crippen LogP contribution in [0.2, 0.25) is 0 Å². The molecular formula is C14H26N2O2. The summed E-state index contributed by atoms with van der Waals surface area (Å²) in [4.78, 5) is 14.4. The van der Waals surface area contributed by atoms with Crippen LogP contribution in [0.1, 0.15) is 45.4 Å². The molecule has 0 spiro atoms. The molecule has 104 valence electrons. The third-order valence-electron chi connectivity index (χ3n) is 4.71. The summed E-state index contributed by atoms with van der Waals surface area (Å²) in [5.41, 5.74) is -0.0413. The number of carbonyl (C=O) groups is 1. The molecule has 0 bridgehead atoms. The largest absolute Gasteiger partial charge is 0.396 e. The molecule has 0 radical (unpaired) electrons. The molecule has 18 heavy (non-hydrogen) atoms. The first-order chi connectivity index (χ1) is 8.67. The number of hydrogen-bond acceptors (Lipinski definition) is 3. The van der Waals surface area contributed by atoms with E-state index < -0.39 is 0 Å². The van der Waals surface area contributed by atoms with Crippen LogP contribution in [0.5, 0.6) is 0 Å². The number of nitrogens with one attached hydrogen (secondary N) is 1. The molecular weight excluding hydrogens is 228 g/mol. The summed E-state index contributed by atoms with van der Waals surface area (Å²) in [5.74, 6) is 0.122. The normalized spacial score (nSPS) is 25.2. The number of carbonyl (C=O) groups excluding carboxylic acids is 1. The molecule has 4 nitrogen and oxygen atoms in total. The smallest absolute Gasteiger partial charge is 0.237 e. The molecule has 1 aliphatic heterocycles. The summed E-state index contributed by atoms with van der Waals surface area (Å²) in [6.07, 6.45) is 6.86. The van der Waals surface area contributed by atoms with E-state index in [1.807, 2.05) is 6.92 Å². The van der Waals surface area contributed by atoms with Crippen LogP contribution in [0.15, 0.2) is 0 Å². The highest BCUT2D eigenvalue weighted by atomic mass is 16.3. The Morgan fingerprint density at radius 1 is 1.28 bits per heavy atom. The van der Waals surface area contributed by atoms with Crippen molar-refractivity contribution < 1.29 is 9.90 Å². The zero-order chi connectivity index (χ0) is 13.0. The van der Waals surface area contributed by atoms with Gasteiger partial charge in [-0.3, -0.25) is 9.69 Å². The van der Waals surface area contributed by atoms with Crippen LogP contribution in [0.3, 0.4) is 0 Å². The Bertz CT molecular complexity index is 282. The number of amides is 1. The van der Waals surface area contributed by atoms with Gasteiger partial charge < -0.3 is 10.4 Å². The van der Waals surface area contributed by atoms with Gasteiger partial charge >= 0.3 is 0 Å². The van der Waals surface area contributed by atoms with E-state index >= 15 is 0 Å². The van der Waals surface area contributed by atoms with Crippen LogP contribution < -0.4 is 5.32 Å². The van der Waals surface area contributed by atoms with Crippen molar-refractivity contribution in [1.82, 2.24) is 10.2 Å². The van der Waals surface area contributed by atoms with Crippen molar-refractivity contribution >= 4 is 5.91 Å². The molecule has 0 unspecified atom stereocenters. The lowest BCUT2D eigenvalue weighted by atomic mass is 9.87. The lowest BCUT2D eigenvalue weighted by Gasteiger charge is -2.29. The fourth-order valence-electron chi connectivity index (χ4n) is 3.23. The second-order valence-corrected chi connectivity index (χ2v) is 6.00. The van der Waals surface area contributed by atoms with Gasteiger partial charge in [-0.1, -0.05) is 12.8 Å². The second kappa shape index (κ2) is 6.02. The maximum absolute atomic E-state index is 12.1. The summed E-state index contributed by atoms with van der Waals surface area (Å²) in [7, 11) is 0. The summed E-state index contributed by atoms with van der Waals surface area (Å²) in [6.45, 7) is 4.91. The first-order valence-corrected chi connectivity index (χ1v) is 7.29. The van der Waals surface area contributed by atoms with E-state index in [1.165, 1.54) is 25.7 Å². The molecule has 0 aromatic carbocycles. The van der Waals surface area contributed by atoms with Crippen molar-refractivity contribution in [3.63, 3.8) is 0 Å². The van der Waals surface area contributed by atoms with Crippen LogP contribution in [0.25, 0.3) is 0 Å². The van der Waals surface area contributed by atoms with Crippen LogP contribution in [0, 0.1) is 5.41 Å². The highest BCUT2D eigenvalue weighted by molar-refractivity contribution is 5.81. The van der Waals surface area contributed by atoms with E-state index in [4.69, 9.17) is 0 Å². The minimum Gasteiger partial charge on any atom is -0.396 e. The Balaban J connectivity index is 1.79. The Morgan fingerprint density at radius 2 is 1.89 bits per heavy atom. The van der Waals surface area contributed by atoms with E-state index in [2.05, 4.69) is 10.2 Å². The lowest BCUT2D eigenvalue weighted by molar-refractivity contribution is -0.126. The van der Waals surface area contributed by atoms with E-state index in [0.717, 1.165) is 25.9 Å². The molecule has 1 atom stereocenters. The molecule has 1 saturated heterocycles. The van der Waals surface area contributed by atoms with Crippen molar-refractivity contribution in [2.24, 2.45) is 5.41 Å². The standard InChI is InChI=1S/C14H26N2O2/c1-12(16-8-4-5-9-16)13(18)15-10-14(11-17)6-2-3-7-14/h12,17H,2-11H2,1H3,(H,15,18)/t12-/m1/s1. The van der Waals surface area contributed by atoms with Gasteiger partial charge in [0.1, 0.15) is 0 Å². The van der Waals surface area contributed by atoms with Gasteiger partial charge in [-0.15, -0.1) is 0 Å². The van der Waals surface area contributed by atoms with E-state index in [0.29, 0.717) is 6.54 Å². The Hall–Kier alpha value is -0.610. The number of likely N-dealkylation sites (tertiary alicyclic amines) is 1. The van der Waals surface area contributed by atoms with Crippen LogP contribution in [-0.2, 0) is 4.79 Å². The third-order valence-corrected chi connectivity index (χ3v) is 4.71. The number of aliphatic hydroxyl groups is 1. The first kappa shape index (κ1) is 13.8. The average molecular weight is 254 g/mol. The lowest BCUT2D eigenvalue weighted by Crippen LogP contribution is -2.47. The number of hydrogen-bond donors (Lipinski definition) is 2. The molecule has 1 saturated carbocycles. The first-order valence-electron chi connectivity index (χ1n) is 7.29. The van der Waals surface area contributed by atoms with Crippen molar-refractivity contribution in [3.05, 3.63) is 0 Å². The molecule has 2 N–H and O–H groups in total. The summed E-state index contributed by atoms with van der Waals surface area (Å²) < 4.78 is 0. The summed E-state index contributed by atoms with van der Waals surface area (Å²) in [5, 5.41) is 12.6. The summed E-state index contributed by atoms with van der Waals surface area (Å²) >= 11 is 0. The zero-order valence-corrected chi connectivity index (χ0v) is 11.5. The highest BCUT2D eigenvalue weighted by Gasteiger charge is 2.34. The Labute approximate surface area is 110 Å². The quantitative estimate of drug-likeness (QED) is 0.773. The fourth-order valence-corrected chi connectivity index (χ4v) is 3.23. The Morgan fingerprint density at radius 3 is 2.44 bits per heavy atom. The maximum Gasteiger partial charge on any atom is 0.237 e. The number of aliphatic hydroxyl groups excluding tert-OH is 1. The molecule has 2 fully saturated rings. The predicted molar refractivity (Wildman–Crippen MR) is 71.3 cm³/mol. The topological polar surface area (TPSA) is 52.6 Å². The van der Waals surface area contributed by atoms with Crippen LogP contribution in [-0.4, -0.2) is 48.2 Å². The van der Waals surface area contributed by atoms with Gasteiger partial charge in [0.2, 0.25) is 5.91 Å². The molecule has 4 heteroatoms. The van der Waals surface area contributed by atoms with E-state index in [9.17, 15) is 9.90 Å². The molecule has 0 aromatic rings. The minimum atomic E-state index is -0.0413. The van der Waals surface area contributed by atoms with Gasteiger partial charge in [-0.2, -0.15) is 0 Å². The van der Waals surface area contributed by atoms with Gasteiger partial charge in [0.15, 0.2) is 0 Å². The van der Waals surface area contributed by atoms with E-state index in [-0.39, 0.29) is 24.0 Å². The van der Waals surface area contributed by atoms with Gasteiger partial charge in [0.05, 0.1) is 12.6 Å². The fraction of sp³-hybridized carbons (Fsp3) is 0.929. The molecule has 0 aromatic heterocycles. The zero-order valence-electron chi connectivity index (χ0n) is 11.5.